The third-order valence-electron chi connectivity index (χ3n) is 6.38. The molecule has 1 aliphatic heterocycles. The van der Waals surface area contributed by atoms with Gasteiger partial charge in [0.25, 0.3) is 5.91 Å². The summed E-state index contributed by atoms with van der Waals surface area (Å²) < 4.78 is 0. The van der Waals surface area contributed by atoms with E-state index in [0.29, 0.717) is 24.3 Å². The lowest BCUT2D eigenvalue weighted by molar-refractivity contribution is -0.138. The monoisotopic (exact) mass is 548 g/mol. The van der Waals surface area contributed by atoms with Gasteiger partial charge >= 0.3 is 5.97 Å². The third-order valence-corrected chi connectivity index (χ3v) is 7.07. The average molecular weight is 549 g/mol. The van der Waals surface area contributed by atoms with Crippen molar-refractivity contribution in [3.05, 3.63) is 64.7 Å². The highest BCUT2D eigenvalue weighted by molar-refractivity contribution is 7.81. The van der Waals surface area contributed by atoms with Crippen LogP contribution in [0.4, 0.5) is 5.69 Å². The van der Waals surface area contributed by atoms with Crippen molar-refractivity contribution in [3.63, 3.8) is 0 Å². The first-order chi connectivity index (χ1) is 17.7. The van der Waals surface area contributed by atoms with Gasteiger partial charge in [0.1, 0.15) is 6.04 Å². The highest BCUT2D eigenvalue weighted by Gasteiger charge is 2.27. The van der Waals surface area contributed by atoms with E-state index in [9.17, 15) is 19.5 Å². The molecule has 1 fully saturated rings. The Kier molecular flexibility index (Phi) is 10.8. The van der Waals surface area contributed by atoms with Crippen LogP contribution >= 0.6 is 24.2 Å². The minimum absolute atomic E-state index is 0.00345. The fraction of sp³-hybridized carbons (Fsp3) is 0.423. The zero-order valence-corrected chi connectivity index (χ0v) is 22.2. The van der Waals surface area contributed by atoms with Crippen molar-refractivity contribution in [2.24, 2.45) is 5.73 Å². The molecule has 37 heavy (non-hydrogen) atoms. The van der Waals surface area contributed by atoms with Crippen LogP contribution in [0.1, 0.15) is 22.3 Å². The molecule has 0 spiro atoms. The van der Waals surface area contributed by atoms with Gasteiger partial charge in [0.05, 0.1) is 11.9 Å². The summed E-state index contributed by atoms with van der Waals surface area (Å²) in [5.74, 6) is -1.77. The molecule has 0 saturated carbocycles. The highest BCUT2D eigenvalue weighted by Crippen LogP contribution is 2.20. The van der Waals surface area contributed by atoms with E-state index in [0.717, 1.165) is 31.1 Å². The van der Waals surface area contributed by atoms with E-state index in [4.69, 9.17) is 22.4 Å². The summed E-state index contributed by atoms with van der Waals surface area (Å²) in [6, 6.07) is 13.2. The number of hydrogen-bond acceptors (Lipinski definition) is 7. The van der Waals surface area contributed by atoms with Crippen LogP contribution < -0.4 is 10.6 Å². The number of hydrogen-bond donors (Lipinski definition) is 4. The quantitative estimate of drug-likeness (QED) is 0.315. The number of aliphatic carboxylic acids is 1. The van der Waals surface area contributed by atoms with Crippen LogP contribution in [0.15, 0.2) is 48.5 Å². The van der Waals surface area contributed by atoms with Crippen molar-refractivity contribution in [1.29, 1.82) is 0 Å². The first-order valence-corrected chi connectivity index (χ1v) is 13.0. The Morgan fingerprint density at radius 2 is 1.65 bits per heavy atom. The van der Waals surface area contributed by atoms with E-state index >= 15 is 0 Å². The smallest absolute Gasteiger partial charge is 0.320 e. The minimum atomic E-state index is -1.22. The van der Waals surface area contributed by atoms with Gasteiger partial charge in [-0.15, -0.1) is 0 Å². The van der Waals surface area contributed by atoms with E-state index in [-0.39, 0.29) is 25.5 Å². The van der Waals surface area contributed by atoms with Gasteiger partial charge in [-0.3, -0.25) is 19.3 Å². The molecule has 2 aromatic rings. The second-order valence-electron chi connectivity index (χ2n) is 8.97. The van der Waals surface area contributed by atoms with Crippen molar-refractivity contribution in [2.45, 2.75) is 24.1 Å². The van der Waals surface area contributed by atoms with Gasteiger partial charge in [0, 0.05) is 55.5 Å². The Labute approximate surface area is 227 Å². The molecular weight excluding hydrogens is 516 g/mol. The highest BCUT2D eigenvalue weighted by atomic mass is 35.5. The number of nitrogens with zero attached hydrogens (tertiary/aromatic N) is 3. The fourth-order valence-corrected chi connectivity index (χ4v) is 4.66. The van der Waals surface area contributed by atoms with Gasteiger partial charge in [-0.05, 0) is 54.8 Å². The SMILES string of the molecule is NC(C[C@@H](S)C(=O)N(CCO)c1ccc(C(=O)N2CCN(CCc3ccc(Cl)cc3)CC2)cc1)C(=O)O. The number of halogens is 1. The summed E-state index contributed by atoms with van der Waals surface area (Å²) in [5.41, 5.74) is 7.74. The number of amides is 2. The van der Waals surface area contributed by atoms with Gasteiger partial charge in [0.15, 0.2) is 0 Å². The number of nitrogens with two attached hydrogens (primary N) is 1. The number of anilines is 1. The number of carboxylic acids is 1. The van der Waals surface area contributed by atoms with E-state index in [1.54, 1.807) is 24.3 Å². The molecule has 1 saturated heterocycles. The summed E-state index contributed by atoms with van der Waals surface area (Å²) in [5, 5.41) is 18.2. The first kappa shape index (κ1) is 28.9. The van der Waals surface area contributed by atoms with Crippen LogP contribution in [0, 0.1) is 0 Å². The number of thiol groups is 1. The molecule has 200 valence electrons. The number of benzene rings is 2. The molecule has 9 nitrogen and oxygen atoms in total. The number of rotatable bonds is 11. The Bertz CT molecular complexity index is 1060. The van der Waals surface area contributed by atoms with E-state index in [1.165, 1.54) is 10.5 Å². The summed E-state index contributed by atoms with van der Waals surface area (Å²) >= 11 is 10.2. The van der Waals surface area contributed by atoms with Crippen LogP contribution in [0.2, 0.25) is 5.02 Å². The maximum absolute atomic E-state index is 13.0. The largest absolute Gasteiger partial charge is 0.480 e. The molecule has 2 aromatic carbocycles. The maximum atomic E-state index is 13.0. The minimum Gasteiger partial charge on any atom is -0.480 e. The maximum Gasteiger partial charge on any atom is 0.320 e. The number of aliphatic hydroxyl groups is 1. The van der Waals surface area contributed by atoms with E-state index in [2.05, 4.69) is 17.5 Å². The normalized spacial score (nSPS) is 15.7. The van der Waals surface area contributed by atoms with Gasteiger partial charge < -0.3 is 25.7 Å². The van der Waals surface area contributed by atoms with Crippen molar-refractivity contribution in [2.75, 3.05) is 50.8 Å². The Morgan fingerprint density at radius 1 is 1.03 bits per heavy atom. The molecule has 11 heteroatoms. The molecule has 0 bridgehead atoms. The Hall–Kier alpha value is -2.63. The summed E-state index contributed by atoms with van der Waals surface area (Å²) in [6.07, 6.45) is 0.770. The van der Waals surface area contributed by atoms with Crippen LogP contribution in [-0.4, -0.2) is 95.0 Å². The van der Waals surface area contributed by atoms with Gasteiger partial charge in [-0.2, -0.15) is 12.6 Å². The van der Waals surface area contributed by atoms with Gasteiger partial charge in [-0.25, -0.2) is 0 Å². The Balaban J connectivity index is 1.55. The van der Waals surface area contributed by atoms with Crippen molar-refractivity contribution in [1.82, 2.24) is 9.80 Å². The molecule has 1 aliphatic rings. The molecule has 1 heterocycles. The standard InChI is InChI=1S/C26H33ClN4O5S/c27-20-5-1-18(2-6-20)9-10-29-11-13-30(14-12-29)24(33)19-3-7-21(8-4-19)31(15-16-32)25(34)23(37)17-22(28)26(35)36/h1-8,22-23,32,37H,9-17,28H2,(H,35,36)/t22?,23-/m1/s1. The van der Waals surface area contributed by atoms with Crippen molar-refractivity contribution in [3.8, 4) is 0 Å². The summed E-state index contributed by atoms with van der Waals surface area (Å²) in [6.45, 7) is 3.46. The topological polar surface area (TPSA) is 127 Å². The second kappa shape index (κ2) is 13.8. The second-order valence-corrected chi connectivity index (χ2v) is 10.0. The summed E-state index contributed by atoms with van der Waals surface area (Å²) in [4.78, 5) is 42.4. The zero-order chi connectivity index (χ0) is 26.9. The molecular formula is C26H33ClN4O5S. The molecule has 2 amide bonds. The van der Waals surface area contributed by atoms with Crippen LogP contribution in [0.25, 0.3) is 0 Å². The molecule has 4 N–H and O–H groups in total. The molecule has 0 aromatic heterocycles. The zero-order valence-electron chi connectivity index (χ0n) is 20.5. The number of aliphatic hydroxyl groups excluding tert-OH is 1. The van der Waals surface area contributed by atoms with Gasteiger partial charge in [-0.1, -0.05) is 23.7 Å². The Morgan fingerprint density at radius 3 is 2.22 bits per heavy atom. The summed E-state index contributed by atoms with van der Waals surface area (Å²) in [7, 11) is 0. The molecule has 0 aliphatic carbocycles. The lowest BCUT2D eigenvalue weighted by Gasteiger charge is -2.35. The molecule has 0 radical (unpaired) electrons. The molecule has 2 atom stereocenters. The first-order valence-electron chi connectivity index (χ1n) is 12.1. The van der Waals surface area contributed by atoms with Crippen molar-refractivity contribution >= 4 is 47.7 Å². The van der Waals surface area contributed by atoms with Crippen LogP contribution in [-0.2, 0) is 16.0 Å². The van der Waals surface area contributed by atoms with E-state index in [1.807, 2.05) is 29.2 Å². The number of carbonyl (C=O) groups excluding carboxylic acids is 2. The number of piperazine rings is 1. The predicted octanol–water partition coefficient (Wildman–Crippen LogP) is 1.77. The predicted molar refractivity (Wildman–Crippen MR) is 146 cm³/mol. The van der Waals surface area contributed by atoms with Crippen LogP contribution in [0.3, 0.4) is 0 Å². The van der Waals surface area contributed by atoms with E-state index < -0.39 is 23.2 Å². The van der Waals surface area contributed by atoms with Crippen molar-refractivity contribution < 1.29 is 24.6 Å². The fourth-order valence-electron chi connectivity index (χ4n) is 4.17. The number of carbonyl (C=O) groups is 3. The van der Waals surface area contributed by atoms with Gasteiger partial charge in [0.2, 0.25) is 5.91 Å². The molecule has 3 rings (SSSR count). The van der Waals surface area contributed by atoms with Crippen LogP contribution in [0.5, 0.6) is 0 Å². The average Bonchev–Trinajstić information content (AvgIpc) is 2.91. The third kappa shape index (κ3) is 8.18. The lowest BCUT2D eigenvalue weighted by atomic mass is 10.1. The molecule has 1 unspecified atom stereocenters. The number of carboxylic acid groups (broad SMARTS) is 1. The lowest BCUT2D eigenvalue weighted by Crippen LogP contribution is -2.49.